The molecule has 1 amide bonds. The fourth-order valence-electron chi connectivity index (χ4n) is 4.57. The molecule has 10 nitrogen and oxygen atoms in total. The quantitative estimate of drug-likeness (QED) is 0.356. The largest absolute Gasteiger partial charge is 0.507 e. The summed E-state index contributed by atoms with van der Waals surface area (Å²) in [6.45, 7) is 11.0. The molecule has 1 saturated heterocycles. The number of nitrogens with one attached hydrogen (secondary N) is 5. The van der Waals surface area contributed by atoms with Crippen LogP contribution in [0.5, 0.6) is 5.75 Å². The molecular weight excluding hydrogens is 444 g/mol. The van der Waals surface area contributed by atoms with Crippen molar-refractivity contribution in [3.8, 4) is 5.75 Å². The number of anilines is 2. The summed E-state index contributed by atoms with van der Waals surface area (Å²) in [6.07, 6.45) is 2.12. The number of aromatic hydroxyl groups is 1. The molecule has 2 aliphatic heterocycles. The first-order valence-corrected chi connectivity index (χ1v) is 12.0. The molecule has 2 aromatic rings. The maximum absolute atomic E-state index is 12.7. The van der Waals surface area contributed by atoms with Crippen LogP contribution in [0.4, 0.5) is 11.6 Å². The number of phenols is 1. The number of benzene rings is 1. The van der Waals surface area contributed by atoms with E-state index in [1.54, 1.807) is 7.05 Å². The summed E-state index contributed by atoms with van der Waals surface area (Å²) in [7, 11) is 3.76. The first-order valence-electron chi connectivity index (χ1n) is 12.0. The standard InChI is InChI=1S/C25H36N8O2/c1-15-10-18(11-16(2)21(15)34)13-27-22-20(25(35)26-4)23(31-30-22)29-19-12-17(3)24(28-14-19)33-8-6-32(5)7-9-33/h10-12,28,34H,6-9,13-14H2,1-5H3,(H,26,35)(H3,27,29,30,31). The van der Waals surface area contributed by atoms with Gasteiger partial charge in [-0.2, -0.15) is 5.10 Å². The number of phenolic OH excluding ortho intramolecular Hbond substituents is 1. The van der Waals surface area contributed by atoms with Crippen molar-refractivity contribution in [1.82, 2.24) is 30.6 Å². The molecule has 4 rings (SSSR count). The topological polar surface area (TPSA) is 121 Å². The van der Waals surface area contributed by atoms with Crippen LogP contribution in [0, 0.1) is 13.8 Å². The highest BCUT2D eigenvalue weighted by Gasteiger charge is 2.23. The number of likely N-dealkylation sites (N-methyl/N-ethyl adjacent to an activating group) is 1. The van der Waals surface area contributed by atoms with Crippen LogP contribution in [0.1, 0.15) is 34.0 Å². The molecule has 3 heterocycles. The summed E-state index contributed by atoms with van der Waals surface area (Å²) < 4.78 is 0. The lowest BCUT2D eigenvalue weighted by atomic mass is 10.1. The molecule has 0 spiro atoms. The van der Waals surface area contributed by atoms with Crippen LogP contribution in [0.3, 0.4) is 0 Å². The van der Waals surface area contributed by atoms with Crippen LogP contribution in [0.25, 0.3) is 0 Å². The number of aromatic amines is 1. The van der Waals surface area contributed by atoms with Crippen molar-refractivity contribution in [2.24, 2.45) is 0 Å². The van der Waals surface area contributed by atoms with Gasteiger partial charge < -0.3 is 36.2 Å². The monoisotopic (exact) mass is 480 g/mol. The lowest BCUT2D eigenvalue weighted by Crippen LogP contribution is -2.47. The first-order chi connectivity index (χ1) is 16.8. The maximum Gasteiger partial charge on any atom is 0.258 e. The molecule has 35 heavy (non-hydrogen) atoms. The van der Waals surface area contributed by atoms with Gasteiger partial charge in [-0.3, -0.25) is 9.89 Å². The first kappa shape index (κ1) is 24.5. The summed E-state index contributed by atoms with van der Waals surface area (Å²) in [4.78, 5) is 17.5. The Morgan fingerprint density at radius 3 is 2.46 bits per heavy atom. The van der Waals surface area contributed by atoms with Gasteiger partial charge in [-0.15, -0.1) is 0 Å². The van der Waals surface area contributed by atoms with Crippen molar-refractivity contribution in [3.63, 3.8) is 0 Å². The van der Waals surface area contributed by atoms with Crippen molar-refractivity contribution in [3.05, 3.63) is 57.6 Å². The second-order valence-electron chi connectivity index (χ2n) is 9.30. The van der Waals surface area contributed by atoms with Gasteiger partial charge in [-0.1, -0.05) is 12.1 Å². The second kappa shape index (κ2) is 10.3. The highest BCUT2D eigenvalue weighted by molar-refractivity contribution is 6.03. The Morgan fingerprint density at radius 1 is 1.14 bits per heavy atom. The molecule has 0 unspecified atom stereocenters. The minimum atomic E-state index is -0.239. The average Bonchev–Trinajstić information content (AvgIpc) is 3.23. The molecule has 0 saturated carbocycles. The molecule has 188 valence electrons. The zero-order valence-electron chi connectivity index (χ0n) is 21.2. The molecule has 0 atom stereocenters. The molecule has 1 fully saturated rings. The lowest BCUT2D eigenvalue weighted by Gasteiger charge is -2.37. The lowest BCUT2D eigenvalue weighted by molar-refractivity contribution is 0.0964. The van der Waals surface area contributed by atoms with E-state index in [9.17, 15) is 9.90 Å². The van der Waals surface area contributed by atoms with Crippen molar-refractivity contribution in [2.75, 3.05) is 57.5 Å². The number of nitrogens with zero attached hydrogens (tertiary/aromatic N) is 3. The van der Waals surface area contributed by atoms with Crippen LogP contribution in [-0.4, -0.2) is 77.8 Å². The number of allylic oxidation sites excluding steroid dienone is 2. The van der Waals surface area contributed by atoms with Crippen LogP contribution in [0.15, 0.2) is 35.3 Å². The van der Waals surface area contributed by atoms with Gasteiger partial charge >= 0.3 is 0 Å². The number of aromatic nitrogens is 2. The zero-order valence-corrected chi connectivity index (χ0v) is 21.2. The van der Waals surface area contributed by atoms with Gasteiger partial charge in [0.1, 0.15) is 23.0 Å². The van der Waals surface area contributed by atoms with Crippen molar-refractivity contribution >= 4 is 17.5 Å². The van der Waals surface area contributed by atoms with E-state index in [0.717, 1.165) is 54.1 Å². The molecule has 1 aromatic carbocycles. The van der Waals surface area contributed by atoms with E-state index >= 15 is 0 Å². The third-order valence-corrected chi connectivity index (χ3v) is 6.55. The molecule has 0 bridgehead atoms. The van der Waals surface area contributed by atoms with Gasteiger partial charge in [-0.05, 0) is 56.2 Å². The fourth-order valence-corrected chi connectivity index (χ4v) is 4.57. The number of amides is 1. The maximum atomic E-state index is 12.7. The van der Waals surface area contributed by atoms with E-state index < -0.39 is 0 Å². The minimum absolute atomic E-state index is 0.239. The third kappa shape index (κ3) is 5.37. The fraction of sp³-hybridized carbons (Fsp3) is 0.440. The summed E-state index contributed by atoms with van der Waals surface area (Å²) in [5, 5.41) is 30.2. The summed E-state index contributed by atoms with van der Waals surface area (Å²) in [5.41, 5.74) is 5.15. The Bertz CT molecular complexity index is 1140. The number of piperazine rings is 1. The van der Waals surface area contributed by atoms with Gasteiger partial charge in [0.25, 0.3) is 5.91 Å². The summed E-state index contributed by atoms with van der Waals surface area (Å²) in [6, 6.07) is 3.85. The molecule has 10 heteroatoms. The predicted molar refractivity (Wildman–Crippen MR) is 138 cm³/mol. The number of carbonyl (C=O) groups excluding carboxylic acids is 1. The molecule has 0 aliphatic carbocycles. The number of H-pyrrole nitrogens is 1. The third-order valence-electron chi connectivity index (χ3n) is 6.55. The van der Waals surface area contributed by atoms with E-state index in [1.807, 2.05) is 26.0 Å². The van der Waals surface area contributed by atoms with Crippen LogP contribution >= 0.6 is 0 Å². The number of rotatable bonds is 7. The Kier molecular flexibility index (Phi) is 7.20. The van der Waals surface area contributed by atoms with Crippen molar-refractivity contribution in [2.45, 2.75) is 27.3 Å². The van der Waals surface area contributed by atoms with E-state index in [1.165, 1.54) is 5.82 Å². The Labute approximate surface area is 206 Å². The predicted octanol–water partition coefficient (Wildman–Crippen LogP) is 2.08. The van der Waals surface area contributed by atoms with E-state index in [-0.39, 0.29) is 5.91 Å². The Balaban J connectivity index is 1.50. The number of aryl methyl sites for hydroxylation is 2. The van der Waals surface area contributed by atoms with E-state index in [2.05, 4.69) is 61.3 Å². The SMILES string of the molecule is CNC(=O)c1c(NCc2cc(C)c(O)c(C)c2)n[nH]c1NC1=CC(C)=C(N2CCN(C)CC2)NC1. The van der Waals surface area contributed by atoms with Crippen molar-refractivity contribution < 1.29 is 9.90 Å². The van der Waals surface area contributed by atoms with Crippen LogP contribution in [0.2, 0.25) is 0 Å². The average molecular weight is 481 g/mol. The summed E-state index contributed by atoms with van der Waals surface area (Å²) in [5.74, 6) is 2.23. The molecular formula is C25H36N8O2. The smallest absolute Gasteiger partial charge is 0.258 e. The minimum Gasteiger partial charge on any atom is -0.507 e. The van der Waals surface area contributed by atoms with Crippen molar-refractivity contribution in [1.29, 1.82) is 0 Å². The van der Waals surface area contributed by atoms with Gasteiger partial charge in [-0.25, -0.2) is 0 Å². The van der Waals surface area contributed by atoms with Gasteiger partial charge in [0.05, 0.1) is 6.54 Å². The van der Waals surface area contributed by atoms with Gasteiger partial charge in [0, 0.05) is 45.5 Å². The second-order valence-corrected chi connectivity index (χ2v) is 9.30. The highest BCUT2D eigenvalue weighted by Crippen LogP contribution is 2.27. The molecule has 6 N–H and O–H groups in total. The van der Waals surface area contributed by atoms with E-state index in [0.29, 0.717) is 36.0 Å². The highest BCUT2D eigenvalue weighted by atomic mass is 16.3. The number of hydrogen-bond donors (Lipinski definition) is 6. The van der Waals surface area contributed by atoms with Gasteiger partial charge in [0.15, 0.2) is 5.82 Å². The molecule has 2 aliphatic rings. The summed E-state index contributed by atoms with van der Waals surface area (Å²) >= 11 is 0. The molecule has 1 aromatic heterocycles. The molecule has 0 radical (unpaired) electrons. The number of dihydropyridines is 1. The Morgan fingerprint density at radius 2 is 1.83 bits per heavy atom. The van der Waals surface area contributed by atoms with E-state index in [4.69, 9.17) is 0 Å². The Hall–Kier alpha value is -3.66. The zero-order chi connectivity index (χ0) is 25.1. The van der Waals surface area contributed by atoms with Crippen LogP contribution in [-0.2, 0) is 6.54 Å². The number of hydrogen-bond acceptors (Lipinski definition) is 8. The van der Waals surface area contributed by atoms with Gasteiger partial charge in [0.2, 0.25) is 0 Å². The normalized spacial score (nSPS) is 16.6. The van der Waals surface area contributed by atoms with Crippen LogP contribution < -0.4 is 21.3 Å². The number of carbonyl (C=O) groups is 1.